The first-order valence-electron chi connectivity index (χ1n) is 8.32. The van der Waals surface area contributed by atoms with Crippen molar-refractivity contribution in [2.24, 2.45) is 11.1 Å². The summed E-state index contributed by atoms with van der Waals surface area (Å²) in [7, 11) is 0. The molecule has 1 aliphatic heterocycles. The number of nitrogens with one attached hydrogen (secondary N) is 1. The molecule has 0 unspecified atom stereocenters. The average Bonchev–Trinajstić information content (AvgIpc) is 2.40. The van der Waals surface area contributed by atoms with Gasteiger partial charge in [-0.2, -0.15) is 0 Å². The molecule has 0 atom stereocenters. The van der Waals surface area contributed by atoms with Gasteiger partial charge in [0.25, 0.3) is 0 Å². The van der Waals surface area contributed by atoms with Gasteiger partial charge in [0.1, 0.15) is 0 Å². The van der Waals surface area contributed by atoms with E-state index in [1.54, 1.807) is 0 Å². The second-order valence-corrected chi connectivity index (χ2v) is 7.24. The number of anilines is 2. The van der Waals surface area contributed by atoms with E-state index in [1.807, 2.05) is 12.4 Å². The molecule has 0 bridgehead atoms. The van der Waals surface area contributed by atoms with E-state index in [2.05, 4.69) is 20.2 Å². The molecule has 0 amide bonds. The third-order valence-corrected chi connectivity index (χ3v) is 5.53. The minimum atomic E-state index is 0.395. The second-order valence-electron chi connectivity index (χ2n) is 7.24. The fraction of sp³-hybridized carbons (Fsp3) is 0.750. The van der Waals surface area contributed by atoms with Crippen LogP contribution in [-0.4, -0.2) is 35.1 Å². The van der Waals surface area contributed by atoms with Crippen LogP contribution in [0.1, 0.15) is 44.9 Å². The van der Waals surface area contributed by atoms with Gasteiger partial charge in [-0.1, -0.05) is 6.42 Å². The molecule has 0 aromatic carbocycles. The number of nitrogens with two attached hydrogens (primary N) is 1. The van der Waals surface area contributed by atoms with Crippen molar-refractivity contribution < 1.29 is 0 Å². The van der Waals surface area contributed by atoms with E-state index in [9.17, 15) is 0 Å². The fourth-order valence-corrected chi connectivity index (χ4v) is 3.96. The molecule has 3 aliphatic rings. The lowest BCUT2D eigenvalue weighted by Crippen LogP contribution is -2.60. The van der Waals surface area contributed by atoms with Crippen LogP contribution < -0.4 is 16.0 Å². The van der Waals surface area contributed by atoms with Crippen molar-refractivity contribution in [1.29, 1.82) is 0 Å². The number of aromatic nitrogens is 2. The first-order chi connectivity index (χ1) is 10.2. The molecular weight excluding hydrogens is 262 g/mol. The van der Waals surface area contributed by atoms with Crippen molar-refractivity contribution in [1.82, 2.24) is 9.97 Å². The lowest BCUT2D eigenvalue weighted by Gasteiger charge is -2.55. The first kappa shape index (κ1) is 13.3. The molecular formula is C16H25N5. The maximum absolute atomic E-state index is 5.95. The minimum absolute atomic E-state index is 0.395. The zero-order valence-electron chi connectivity index (χ0n) is 12.6. The van der Waals surface area contributed by atoms with E-state index in [0.29, 0.717) is 17.5 Å². The lowest BCUT2D eigenvalue weighted by atomic mass is 9.64. The van der Waals surface area contributed by atoms with Gasteiger partial charge in [0.05, 0.1) is 18.1 Å². The molecule has 2 heterocycles. The molecule has 5 nitrogen and oxygen atoms in total. The Labute approximate surface area is 126 Å². The minimum Gasteiger partial charge on any atom is -0.380 e. The second kappa shape index (κ2) is 5.13. The van der Waals surface area contributed by atoms with Crippen LogP contribution in [0, 0.1) is 5.41 Å². The molecule has 3 fully saturated rings. The maximum Gasteiger partial charge on any atom is 0.225 e. The molecule has 4 rings (SSSR count). The van der Waals surface area contributed by atoms with Crippen LogP contribution in [0.5, 0.6) is 0 Å². The van der Waals surface area contributed by atoms with Crippen molar-refractivity contribution in [2.45, 2.75) is 57.0 Å². The third kappa shape index (κ3) is 2.59. The Hall–Kier alpha value is -1.36. The Bertz CT molecular complexity index is 480. The van der Waals surface area contributed by atoms with Gasteiger partial charge in [-0.25, -0.2) is 9.97 Å². The lowest BCUT2D eigenvalue weighted by molar-refractivity contribution is 0.0888. The maximum atomic E-state index is 5.95. The molecule has 21 heavy (non-hydrogen) atoms. The van der Waals surface area contributed by atoms with Crippen LogP contribution in [-0.2, 0) is 0 Å². The summed E-state index contributed by atoms with van der Waals surface area (Å²) in [6.45, 7) is 2.31. The summed E-state index contributed by atoms with van der Waals surface area (Å²) >= 11 is 0. The zero-order chi connectivity index (χ0) is 14.3. The third-order valence-electron chi connectivity index (χ3n) is 5.53. The van der Waals surface area contributed by atoms with E-state index in [1.165, 1.54) is 19.3 Å². The summed E-state index contributed by atoms with van der Waals surface area (Å²) < 4.78 is 0. The molecule has 1 aromatic heterocycles. The number of hydrogen-bond acceptors (Lipinski definition) is 5. The van der Waals surface area contributed by atoms with Crippen LogP contribution in [0.2, 0.25) is 0 Å². The molecule has 1 spiro atoms. The molecule has 1 aromatic rings. The van der Waals surface area contributed by atoms with Crippen molar-refractivity contribution in [3.63, 3.8) is 0 Å². The highest BCUT2D eigenvalue weighted by Gasteiger charge is 2.48. The summed E-state index contributed by atoms with van der Waals surface area (Å²) in [5, 5.41) is 3.54. The van der Waals surface area contributed by atoms with Gasteiger partial charge in [-0.15, -0.1) is 0 Å². The molecule has 5 heteroatoms. The van der Waals surface area contributed by atoms with Gasteiger partial charge in [-0.3, -0.25) is 0 Å². The van der Waals surface area contributed by atoms with Crippen molar-refractivity contribution in [2.75, 3.05) is 23.3 Å². The Morgan fingerprint density at radius 2 is 1.76 bits per heavy atom. The molecule has 114 valence electrons. The summed E-state index contributed by atoms with van der Waals surface area (Å²) in [6.07, 6.45) is 12.6. The van der Waals surface area contributed by atoms with Crippen LogP contribution in [0.4, 0.5) is 11.6 Å². The summed E-state index contributed by atoms with van der Waals surface area (Å²) in [4.78, 5) is 11.4. The monoisotopic (exact) mass is 287 g/mol. The molecule has 2 saturated carbocycles. The van der Waals surface area contributed by atoms with Crippen molar-refractivity contribution in [3.05, 3.63) is 12.4 Å². The normalized spacial score (nSPS) is 30.6. The van der Waals surface area contributed by atoms with E-state index in [-0.39, 0.29) is 0 Å². The zero-order valence-corrected chi connectivity index (χ0v) is 12.6. The highest BCUT2D eigenvalue weighted by molar-refractivity contribution is 5.45. The quantitative estimate of drug-likeness (QED) is 0.891. The predicted octanol–water partition coefficient (Wildman–Crippen LogP) is 2.15. The summed E-state index contributed by atoms with van der Waals surface area (Å²) in [6, 6.07) is 0.924. The standard InChI is InChI=1S/C16H25N5/c17-12-2-4-13(5-3-12)20-14-8-18-15(19-9-14)21-10-16(11-21)6-1-7-16/h8-9,12-13,20H,1-7,10-11,17H2. The van der Waals surface area contributed by atoms with Crippen LogP contribution in [0.25, 0.3) is 0 Å². The highest BCUT2D eigenvalue weighted by Crippen LogP contribution is 2.48. The molecule has 2 aliphatic carbocycles. The van der Waals surface area contributed by atoms with Crippen LogP contribution in [0.15, 0.2) is 12.4 Å². The highest BCUT2D eigenvalue weighted by atomic mass is 15.3. The van der Waals surface area contributed by atoms with Gasteiger partial charge in [0.2, 0.25) is 5.95 Å². The van der Waals surface area contributed by atoms with Gasteiger partial charge in [-0.05, 0) is 38.5 Å². The van der Waals surface area contributed by atoms with E-state index in [4.69, 9.17) is 5.73 Å². The first-order valence-corrected chi connectivity index (χ1v) is 8.32. The summed E-state index contributed by atoms with van der Waals surface area (Å²) in [5.74, 6) is 0.892. The van der Waals surface area contributed by atoms with Gasteiger partial charge < -0.3 is 16.0 Å². The Morgan fingerprint density at radius 1 is 1.10 bits per heavy atom. The predicted molar refractivity (Wildman–Crippen MR) is 84.4 cm³/mol. The van der Waals surface area contributed by atoms with Gasteiger partial charge >= 0.3 is 0 Å². The number of nitrogens with zero attached hydrogens (tertiary/aromatic N) is 3. The van der Waals surface area contributed by atoms with E-state index in [0.717, 1.165) is 50.4 Å². The SMILES string of the molecule is NC1CCC(Nc2cnc(N3CC4(CCC4)C3)nc2)CC1. The van der Waals surface area contributed by atoms with Gasteiger partial charge in [0, 0.05) is 30.6 Å². The van der Waals surface area contributed by atoms with E-state index >= 15 is 0 Å². The van der Waals surface area contributed by atoms with Crippen LogP contribution in [0.3, 0.4) is 0 Å². The molecule has 0 radical (unpaired) electrons. The van der Waals surface area contributed by atoms with Crippen molar-refractivity contribution >= 4 is 11.6 Å². The average molecular weight is 287 g/mol. The van der Waals surface area contributed by atoms with Crippen LogP contribution >= 0.6 is 0 Å². The molecule has 3 N–H and O–H groups in total. The molecule has 1 saturated heterocycles. The van der Waals surface area contributed by atoms with E-state index < -0.39 is 0 Å². The largest absolute Gasteiger partial charge is 0.380 e. The smallest absolute Gasteiger partial charge is 0.225 e. The Balaban J connectivity index is 1.32. The Kier molecular flexibility index (Phi) is 3.25. The summed E-state index contributed by atoms with van der Waals surface area (Å²) in [5.41, 5.74) is 7.61. The topological polar surface area (TPSA) is 67.1 Å². The Morgan fingerprint density at radius 3 is 2.33 bits per heavy atom. The van der Waals surface area contributed by atoms with Gasteiger partial charge in [0.15, 0.2) is 0 Å². The number of rotatable bonds is 3. The van der Waals surface area contributed by atoms with Crippen molar-refractivity contribution in [3.8, 4) is 0 Å². The number of hydrogen-bond donors (Lipinski definition) is 2. The fourth-order valence-electron chi connectivity index (χ4n) is 3.96.